The van der Waals surface area contributed by atoms with Crippen LogP contribution in [0.1, 0.15) is 24.8 Å². The molecule has 122 valence electrons. The number of imidazole rings is 1. The van der Waals surface area contributed by atoms with Crippen LogP contribution in [0.25, 0.3) is 11.0 Å². The van der Waals surface area contributed by atoms with Gasteiger partial charge in [-0.05, 0) is 54.3 Å². The van der Waals surface area contributed by atoms with Crippen LogP contribution >= 0.6 is 15.9 Å². The molecule has 0 bridgehead atoms. The van der Waals surface area contributed by atoms with Crippen LogP contribution in [0.2, 0.25) is 0 Å². The summed E-state index contributed by atoms with van der Waals surface area (Å²) in [6.07, 6.45) is 5.00. The van der Waals surface area contributed by atoms with Gasteiger partial charge in [-0.2, -0.15) is 0 Å². The minimum Gasteiger partial charge on any atom is -0.342 e. The molecule has 1 aromatic carbocycles. The van der Waals surface area contributed by atoms with E-state index in [9.17, 15) is 4.79 Å². The number of amides is 1. The van der Waals surface area contributed by atoms with E-state index in [0.717, 1.165) is 45.8 Å². The molecule has 1 aromatic heterocycles. The fourth-order valence-corrected chi connectivity index (χ4v) is 3.75. The molecule has 1 fully saturated rings. The highest BCUT2D eigenvalue weighted by Gasteiger charge is 2.20. The largest absolute Gasteiger partial charge is 0.342 e. The molecule has 0 saturated carbocycles. The molecule has 2 aromatic rings. The molecule has 23 heavy (non-hydrogen) atoms. The molecule has 1 aliphatic rings. The molecular weight excluding hydrogens is 356 g/mol. The number of nitrogens with zero attached hydrogens (tertiary/aromatic N) is 3. The van der Waals surface area contributed by atoms with E-state index in [1.54, 1.807) is 0 Å². The van der Waals surface area contributed by atoms with E-state index in [2.05, 4.69) is 37.3 Å². The smallest absolute Gasteiger partial charge is 0.247 e. The molecule has 0 radical (unpaired) electrons. The number of carbonyl (C=O) groups excluding carboxylic acids is 1. The monoisotopic (exact) mass is 376 g/mol. The molecule has 0 aliphatic carbocycles. The van der Waals surface area contributed by atoms with Crippen molar-refractivity contribution in [3.8, 4) is 0 Å². The number of nitrogens with one attached hydrogen (secondary N) is 1. The molecular formula is C17H21BrN4O. The summed E-state index contributed by atoms with van der Waals surface area (Å²) in [5.74, 6) is 0.780. The third kappa shape index (κ3) is 2.87. The number of fused-ring (bicyclic) bond motifs is 1. The van der Waals surface area contributed by atoms with E-state index in [0.29, 0.717) is 0 Å². The Bertz CT molecular complexity index is 775. The van der Waals surface area contributed by atoms with Crippen LogP contribution in [0.15, 0.2) is 23.2 Å². The zero-order valence-electron chi connectivity index (χ0n) is 13.5. The van der Waals surface area contributed by atoms with Gasteiger partial charge in [-0.1, -0.05) is 6.58 Å². The first-order valence-electron chi connectivity index (χ1n) is 7.87. The van der Waals surface area contributed by atoms with Crippen LogP contribution in [-0.2, 0) is 11.8 Å². The van der Waals surface area contributed by atoms with E-state index in [-0.39, 0.29) is 5.91 Å². The van der Waals surface area contributed by atoms with E-state index < -0.39 is 0 Å². The van der Waals surface area contributed by atoms with Gasteiger partial charge in [0, 0.05) is 30.2 Å². The third-order valence-electron chi connectivity index (χ3n) is 4.42. The fraction of sp³-hybridized carbons (Fsp3) is 0.412. The summed E-state index contributed by atoms with van der Waals surface area (Å²) in [4.78, 5) is 18.9. The molecule has 0 atom stereocenters. The minimum atomic E-state index is -0.222. The summed E-state index contributed by atoms with van der Waals surface area (Å²) in [6, 6.07) is 2.02. The second-order valence-corrected chi connectivity index (χ2v) is 6.79. The molecule has 1 amide bonds. The normalized spacial score (nSPS) is 15.0. The van der Waals surface area contributed by atoms with Crippen molar-refractivity contribution in [2.24, 2.45) is 7.05 Å². The molecule has 0 spiro atoms. The van der Waals surface area contributed by atoms with Crippen LogP contribution in [0.5, 0.6) is 0 Å². The highest BCUT2D eigenvalue weighted by molar-refractivity contribution is 9.10. The van der Waals surface area contributed by atoms with Gasteiger partial charge in [0.25, 0.3) is 0 Å². The Balaban J connectivity index is 2.10. The zero-order chi connectivity index (χ0) is 16.6. The lowest BCUT2D eigenvalue weighted by Gasteiger charge is -2.27. The van der Waals surface area contributed by atoms with Gasteiger partial charge in [0.05, 0.1) is 16.7 Å². The number of piperidine rings is 1. The molecule has 5 nitrogen and oxygen atoms in total. The third-order valence-corrected chi connectivity index (χ3v) is 5.05. The first kappa shape index (κ1) is 16.1. The lowest BCUT2D eigenvalue weighted by Crippen LogP contribution is -2.31. The van der Waals surface area contributed by atoms with E-state index >= 15 is 0 Å². The highest BCUT2D eigenvalue weighted by atomic mass is 79.9. The minimum absolute atomic E-state index is 0.222. The Morgan fingerprint density at radius 1 is 1.39 bits per heavy atom. The lowest BCUT2D eigenvalue weighted by molar-refractivity contribution is -0.111. The summed E-state index contributed by atoms with van der Waals surface area (Å²) in [6.45, 7) is 7.60. The topological polar surface area (TPSA) is 50.2 Å². The SMILES string of the molecule is C=CC(=O)Nc1c(Br)cc2c(nc(N3CCCCC3)n2C)c1C. The van der Waals surface area contributed by atoms with Gasteiger partial charge in [0.1, 0.15) is 0 Å². The molecule has 1 saturated heterocycles. The molecule has 0 unspecified atom stereocenters. The summed E-state index contributed by atoms with van der Waals surface area (Å²) in [5.41, 5.74) is 3.70. The van der Waals surface area contributed by atoms with Crippen LogP contribution in [0, 0.1) is 6.92 Å². The van der Waals surface area contributed by atoms with Crippen molar-refractivity contribution in [2.45, 2.75) is 26.2 Å². The first-order valence-corrected chi connectivity index (χ1v) is 8.66. The number of carbonyl (C=O) groups is 1. The average molecular weight is 377 g/mol. The standard InChI is InChI=1S/C17H21BrN4O/c1-4-14(23)19-15-11(2)16-13(10-12(15)18)21(3)17(20-16)22-8-6-5-7-9-22/h4,10H,1,5-9H2,2-3H3,(H,19,23). The average Bonchev–Trinajstić information content (AvgIpc) is 2.89. The van der Waals surface area contributed by atoms with Crippen molar-refractivity contribution >= 4 is 44.5 Å². The van der Waals surface area contributed by atoms with Crippen molar-refractivity contribution in [1.29, 1.82) is 0 Å². The Morgan fingerprint density at radius 3 is 2.74 bits per heavy atom. The summed E-state index contributed by atoms with van der Waals surface area (Å²) in [5, 5.41) is 2.86. The predicted molar refractivity (Wildman–Crippen MR) is 98.0 cm³/mol. The predicted octanol–water partition coefficient (Wildman–Crippen LogP) is 3.76. The maximum atomic E-state index is 11.7. The molecule has 1 N–H and O–H groups in total. The second kappa shape index (κ2) is 6.35. The Labute approximate surface area is 144 Å². The second-order valence-electron chi connectivity index (χ2n) is 5.94. The summed E-state index contributed by atoms with van der Waals surface area (Å²) < 4.78 is 2.99. The van der Waals surface area contributed by atoms with Crippen LogP contribution < -0.4 is 10.2 Å². The molecule has 3 rings (SSSR count). The zero-order valence-corrected chi connectivity index (χ0v) is 15.1. The van der Waals surface area contributed by atoms with Crippen LogP contribution in [0.3, 0.4) is 0 Å². The summed E-state index contributed by atoms with van der Waals surface area (Å²) in [7, 11) is 2.05. The van der Waals surface area contributed by atoms with Gasteiger partial charge in [-0.25, -0.2) is 4.98 Å². The fourth-order valence-electron chi connectivity index (χ4n) is 3.13. The van der Waals surface area contributed by atoms with Gasteiger partial charge in [0.15, 0.2) is 0 Å². The summed E-state index contributed by atoms with van der Waals surface area (Å²) >= 11 is 3.56. The van der Waals surface area contributed by atoms with Crippen molar-refractivity contribution in [3.63, 3.8) is 0 Å². The number of rotatable bonds is 3. The lowest BCUT2D eigenvalue weighted by atomic mass is 10.1. The number of hydrogen-bond acceptors (Lipinski definition) is 3. The van der Waals surface area contributed by atoms with E-state index in [1.807, 2.05) is 20.0 Å². The van der Waals surface area contributed by atoms with Crippen LogP contribution in [0.4, 0.5) is 11.6 Å². The quantitative estimate of drug-likeness (QED) is 0.829. The van der Waals surface area contributed by atoms with Gasteiger partial charge in [-0.15, -0.1) is 0 Å². The number of anilines is 2. The van der Waals surface area contributed by atoms with Crippen molar-refractivity contribution in [3.05, 3.63) is 28.8 Å². The van der Waals surface area contributed by atoms with Gasteiger partial charge in [-0.3, -0.25) is 4.79 Å². The Kier molecular flexibility index (Phi) is 4.43. The van der Waals surface area contributed by atoms with E-state index in [4.69, 9.17) is 4.98 Å². The number of aromatic nitrogens is 2. The van der Waals surface area contributed by atoms with Gasteiger partial charge < -0.3 is 14.8 Å². The molecule has 1 aliphatic heterocycles. The number of hydrogen-bond donors (Lipinski definition) is 1. The van der Waals surface area contributed by atoms with Gasteiger partial charge >= 0.3 is 0 Å². The van der Waals surface area contributed by atoms with E-state index in [1.165, 1.54) is 25.3 Å². The Morgan fingerprint density at radius 2 is 2.09 bits per heavy atom. The Hall–Kier alpha value is -1.82. The number of aryl methyl sites for hydroxylation is 2. The maximum Gasteiger partial charge on any atom is 0.247 e. The van der Waals surface area contributed by atoms with Crippen molar-refractivity contribution < 1.29 is 4.79 Å². The number of halogens is 1. The van der Waals surface area contributed by atoms with Crippen LogP contribution in [-0.4, -0.2) is 28.5 Å². The van der Waals surface area contributed by atoms with Crippen molar-refractivity contribution in [2.75, 3.05) is 23.3 Å². The highest BCUT2D eigenvalue weighted by Crippen LogP contribution is 2.35. The maximum absolute atomic E-state index is 11.7. The van der Waals surface area contributed by atoms with Gasteiger partial charge in [0.2, 0.25) is 11.9 Å². The number of benzene rings is 1. The molecule has 2 heterocycles. The molecule has 6 heteroatoms. The first-order chi connectivity index (χ1) is 11.0. The van der Waals surface area contributed by atoms with Crippen molar-refractivity contribution in [1.82, 2.24) is 9.55 Å².